The third kappa shape index (κ3) is 5.79. The molecule has 1 heterocycles. The van der Waals surface area contributed by atoms with Crippen LogP contribution in [-0.4, -0.2) is 30.2 Å². The van der Waals surface area contributed by atoms with E-state index in [9.17, 15) is 13.6 Å². The molecule has 1 saturated heterocycles. The number of halogens is 2. The van der Waals surface area contributed by atoms with E-state index in [1.54, 1.807) is 12.1 Å². The first-order valence-electron chi connectivity index (χ1n) is 6.79. The van der Waals surface area contributed by atoms with Gasteiger partial charge in [0.25, 0.3) is 0 Å². The van der Waals surface area contributed by atoms with Gasteiger partial charge >= 0.3 is 12.6 Å². The Morgan fingerprint density at radius 1 is 1.48 bits per heavy atom. The summed E-state index contributed by atoms with van der Waals surface area (Å²) in [5.74, 6) is 2.18. The molecule has 0 spiro atoms. The number of carbonyl (C=O) groups is 1. The van der Waals surface area contributed by atoms with Crippen molar-refractivity contribution in [1.29, 1.82) is 0 Å². The third-order valence-corrected chi connectivity index (χ3v) is 4.29. The van der Waals surface area contributed by atoms with Gasteiger partial charge in [0.15, 0.2) is 0 Å². The summed E-state index contributed by atoms with van der Waals surface area (Å²) in [6, 6.07) is 6.28. The Labute approximate surface area is 126 Å². The van der Waals surface area contributed by atoms with Gasteiger partial charge in [-0.2, -0.15) is 20.5 Å². The largest absolute Gasteiger partial charge is 0.435 e. The minimum absolute atomic E-state index is 0.0911. The molecule has 2 amide bonds. The summed E-state index contributed by atoms with van der Waals surface area (Å²) in [6.07, 6.45) is 2.11. The number of nitrogens with one attached hydrogen (secondary N) is 2. The quantitative estimate of drug-likeness (QED) is 0.878. The van der Waals surface area contributed by atoms with E-state index in [1.165, 1.54) is 12.1 Å². The Morgan fingerprint density at radius 3 is 3.05 bits per heavy atom. The van der Waals surface area contributed by atoms with Crippen LogP contribution >= 0.6 is 11.8 Å². The molecule has 1 aromatic carbocycles. The second-order valence-corrected chi connectivity index (χ2v) is 5.92. The van der Waals surface area contributed by atoms with Crippen LogP contribution in [0.4, 0.5) is 13.6 Å². The smallest absolute Gasteiger partial charge is 0.387 e. The minimum atomic E-state index is -2.85. The normalized spacial score (nSPS) is 18.3. The van der Waals surface area contributed by atoms with Crippen molar-refractivity contribution in [3.63, 3.8) is 0 Å². The van der Waals surface area contributed by atoms with Gasteiger partial charge in [-0.15, -0.1) is 0 Å². The maximum Gasteiger partial charge on any atom is 0.387 e. The fourth-order valence-corrected chi connectivity index (χ4v) is 3.18. The van der Waals surface area contributed by atoms with E-state index in [1.807, 2.05) is 11.8 Å². The predicted molar refractivity (Wildman–Crippen MR) is 78.8 cm³/mol. The Kier molecular flexibility index (Phi) is 6.10. The number of ether oxygens (including phenoxy) is 1. The molecular weight excluding hydrogens is 298 g/mol. The monoisotopic (exact) mass is 316 g/mol. The zero-order valence-electron chi connectivity index (χ0n) is 11.5. The first-order chi connectivity index (χ1) is 10.1. The molecule has 0 radical (unpaired) electrons. The summed E-state index contributed by atoms with van der Waals surface area (Å²) >= 11 is 1.84. The molecule has 21 heavy (non-hydrogen) atoms. The average Bonchev–Trinajstić information content (AvgIpc) is 2.46. The van der Waals surface area contributed by atoms with Crippen LogP contribution in [0.1, 0.15) is 18.4 Å². The summed E-state index contributed by atoms with van der Waals surface area (Å²) in [4.78, 5) is 11.8. The van der Waals surface area contributed by atoms with Gasteiger partial charge in [-0.3, -0.25) is 0 Å². The molecule has 116 valence electrons. The van der Waals surface area contributed by atoms with Crippen molar-refractivity contribution in [3.05, 3.63) is 29.8 Å². The average molecular weight is 316 g/mol. The lowest BCUT2D eigenvalue weighted by Gasteiger charge is -2.22. The van der Waals surface area contributed by atoms with E-state index in [2.05, 4.69) is 15.4 Å². The fourth-order valence-electron chi connectivity index (χ4n) is 2.10. The number of thioether (sulfide) groups is 1. The molecule has 1 atom stereocenters. The van der Waals surface area contributed by atoms with Gasteiger partial charge in [0, 0.05) is 18.3 Å². The SMILES string of the molecule is O=C(NCc1cccc(OC(F)F)c1)NC1CCCSC1. The molecule has 1 fully saturated rings. The highest BCUT2D eigenvalue weighted by atomic mass is 32.2. The molecule has 0 saturated carbocycles. The molecule has 0 aromatic heterocycles. The molecule has 7 heteroatoms. The lowest BCUT2D eigenvalue weighted by molar-refractivity contribution is -0.0498. The Bertz CT molecular complexity index is 468. The molecule has 1 aliphatic rings. The number of benzene rings is 1. The van der Waals surface area contributed by atoms with Crippen LogP contribution in [0.2, 0.25) is 0 Å². The topological polar surface area (TPSA) is 50.4 Å². The van der Waals surface area contributed by atoms with Gasteiger partial charge in [-0.25, -0.2) is 4.79 Å². The molecule has 0 bridgehead atoms. The van der Waals surface area contributed by atoms with Crippen molar-refractivity contribution in [1.82, 2.24) is 10.6 Å². The van der Waals surface area contributed by atoms with Gasteiger partial charge in [0.2, 0.25) is 0 Å². The second kappa shape index (κ2) is 8.07. The van der Waals surface area contributed by atoms with Crippen LogP contribution in [0.3, 0.4) is 0 Å². The van der Waals surface area contributed by atoms with Crippen LogP contribution in [-0.2, 0) is 6.54 Å². The summed E-state index contributed by atoms with van der Waals surface area (Å²) in [6.45, 7) is -2.58. The highest BCUT2D eigenvalue weighted by Gasteiger charge is 2.15. The van der Waals surface area contributed by atoms with Gasteiger partial charge in [-0.1, -0.05) is 12.1 Å². The predicted octanol–water partition coefficient (Wildman–Crippen LogP) is 2.98. The number of rotatable bonds is 5. The summed E-state index contributed by atoms with van der Waals surface area (Å²) in [5.41, 5.74) is 0.710. The first kappa shape index (κ1) is 15.9. The number of hydrogen-bond acceptors (Lipinski definition) is 3. The van der Waals surface area contributed by atoms with Crippen LogP contribution in [0, 0.1) is 0 Å². The summed E-state index contributed by atoms with van der Waals surface area (Å²) in [7, 11) is 0. The van der Waals surface area contributed by atoms with Gasteiger partial charge in [0.05, 0.1) is 0 Å². The van der Waals surface area contributed by atoms with Gasteiger partial charge < -0.3 is 15.4 Å². The minimum Gasteiger partial charge on any atom is -0.435 e. The van der Waals surface area contributed by atoms with E-state index >= 15 is 0 Å². The highest BCUT2D eigenvalue weighted by molar-refractivity contribution is 7.99. The molecule has 1 aromatic rings. The van der Waals surface area contributed by atoms with Crippen molar-refractivity contribution >= 4 is 17.8 Å². The maximum absolute atomic E-state index is 12.1. The number of urea groups is 1. The van der Waals surface area contributed by atoms with Crippen molar-refractivity contribution < 1.29 is 18.3 Å². The highest BCUT2D eigenvalue weighted by Crippen LogP contribution is 2.17. The molecule has 4 nitrogen and oxygen atoms in total. The summed E-state index contributed by atoms with van der Waals surface area (Å²) < 4.78 is 28.6. The van der Waals surface area contributed by atoms with Crippen molar-refractivity contribution in [2.75, 3.05) is 11.5 Å². The van der Waals surface area contributed by atoms with E-state index in [-0.39, 0.29) is 24.4 Å². The van der Waals surface area contributed by atoms with E-state index < -0.39 is 6.61 Å². The van der Waals surface area contributed by atoms with E-state index in [0.29, 0.717) is 5.56 Å². The zero-order chi connectivity index (χ0) is 15.1. The molecule has 2 rings (SSSR count). The molecule has 0 aliphatic carbocycles. The molecular formula is C14H18F2N2O2S. The Hall–Kier alpha value is -1.50. The number of amides is 2. The van der Waals surface area contributed by atoms with Gasteiger partial charge in [-0.05, 0) is 36.3 Å². The lowest BCUT2D eigenvalue weighted by atomic mass is 10.2. The molecule has 1 unspecified atom stereocenters. The fraction of sp³-hybridized carbons (Fsp3) is 0.500. The Balaban J connectivity index is 1.77. The van der Waals surface area contributed by atoms with Crippen molar-refractivity contribution in [2.24, 2.45) is 0 Å². The van der Waals surface area contributed by atoms with Crippen molar-refractivity contribution in [2.45, 2.75) is 32.0 Å². The van der Waals surface area contributed by atoms with Crippen molar-refractivity contribution in [3.8, 4) is 5.75 Å². The molecule has 2 N–H and O–H groups in total. The summed E-state index contributed by atoms with van der Waals surface area (Å²) in [5, 5.41) is 5.64. The van der Waals surface area contributed by atoms with E-state index in [4.69, 9.17) is 0 Å². The maximum atomic E-state index is 12.1. The zero-order valence-corrected chi connectivity index (χ0v) is 12.3. The lowest BCUT2D eigenvalue weighted by Crippen LogP contribution is -2.44. The van der Waals surface area contributed by atoms with E-state index in [0.717, 1.165) is 24.3 Å². The first-order valence-corrected chi connectivity index (χ1v) is 7.95. The van der Waals surface area contributed by atoms with Gasteiger partial charge in [0.1, 0.15) is 5.75 Å². The van der Waals surface area contributed by atoms with Crippen LogP contribution in [0.25, 0.3) is 0 Å². The number of hydrogen-bond donors (Lipinski definition) is 2. The molecule has 1 aliphatic heterocycles. The standard InChI is InChI=1S/C14H18F2N2O2S/c15-13(16)20-12-5-1-3-10(7-12)8-17-14(19)18-11-4-2-6-21-9-11/h1,3,5,7,11,13H,2,4,6,8-9H2,(H2,17,18,19). The number of carbonyl (C=O) groups excluding carboxylic acids is 1. The van der Waals surface area contributed by atoms with Crippen LogP contribution < -0.4 is 15.4 Å². The second-order valence-electron chi connectivity index (χ2n) is 4.77. The van der Waals surface area contributed by atoms with Crippen LogP contribution in [0.5, 0.6) is 5.75 Å². The Morgan fingerprint density at radius 2 is 2.33 bits per heavy atom. The van der Waals surface area contributed by atoms with Crippen LogP contribution in [0.15, 0.2) is 24.3 Å². The number of alkyl halides is 2. The third-order valence-electron chi connectivity index (χ3n) is 3.07.